The minimum atomic E-state index is -0.281. The van der Waals surface area contributed by atoms with Crippen LogP contribution in [0.3, 0.4) is 0 Å². The van der Waals surface area contributed by atoms with Gasteiger partial charge in [-0.25, -0.2) is 0 Å². The Morgan fingerprint density at radius 3 is 2.75 bits per heavy atom. The molecule has 0 bridgehead atoms. The SMILES string of the molecule is COC(=O)C1COC(C)CN1.Cl. The molecule has 1 saturated heterocycles. The molecule has 72 valence electrons. The van der Waals surface area contributed by atoms with Crippen molar-refractivity contribution in [2.75, 3.05) is 20.3 Å². The third kappa shape index (κ3) is 2.97. The lowest BCUT2D eigenvalue weighted by Crippen LogP contribution is -2.49. The van der Waals surface area contributed by atoms with Crippen molar-refractivity contribution in [3.05, 3.63) is 0 Å². The molecule has 1 aliphatic heterocycles. The Kier molecular flexibility index (Phi) is 5.20. The molecule has 1 fully saturated rings. The highest BCUT2D eigenvalue weighted by Crippen LogP contribution is 2.00. The number of ether oxygens (including phenoxy) is 2. The second kappa shape index (κ2) is 5.35. The highest BCUT2D eigenvalue weighted by atomic mass is 35.5. The molecule has 1 N–H and O–H groups in total. The molecule has 2 unspecified atom stereocenters. The van der Waals surface area contributed by atoms with Gasteiger partial charge in [-0.05, 0) is 6.92 Å². The first-order valence-corrected chi connectivity index (χ1v) is 3.67. The molecule has 12 heavy (non-hydrogen) atoms. The summed E-state index contributed by atoms with van der Waals surface area (Å²) in [6.45, 7) is 3.08. The fourth-order valence-electron chi connectivity index (χ4n) is 0.980. The zero-order chi connectivity index (χ0) is 8.27. The maximum Gasteiger partial charge on any atom is 0.325 e. The third-order valence-corrected chi connectivity index (χ3v) is 1.68. The number of methoxy groups -OCH3 is 1. The van der Waals surface area contributed by atoms with Gasteiger partial charge in [-0.1, -0.05) is 0 Å². The Labute approximate surface area is 78.0 Å². The highest BCUT2D eigenvalue weighted by Gasteiger charge is 2.24. The van der Waals surface area contributed by atoms with Crippen molar-refractivity contribution in [1.29, 1.82) is 0 Å². The summed E-state index contributed by atoms with van der Waals surface area (Å²) in [6, 6.07) is -0.281. The second-order valence-corrected chi connectivity index (χ2v) is 2.63. The normalized spacial score (nSPS) is 28.8. The lowest BCUT2D eigenvalue weighted by Gasteiger charge is -2.26. The summed E-state index contributed by atoms with van der Waals surface area (Å²) < 4.78 is 9.79. The van der Waals surface area contributed by atoms with E-state index in [1.807, 2.05) is 6.92 Å². The van der Waals surface area contributed by atoms with E-state index in [1.165, 1.54) is 7.11 Å². The highest BCUT2D eigenvalue weighted by molar-refractivity contribution is 5.85. The van der Waals surface area contributed by atoms with Crippen molar-refractivity contribution >= 4 is 18.4 Å². The van der Waals surface area contributed by atoms with Gasteiger partial charge in [0.05, 0.1) is 19.8 Å². The fourth-order valence-corrected chi connectivity index (χ4v) is 0.980. The van der Waals surface area contributed by atoms with Crippen molar-refractivity contribution in [2.45, 2.75) is 19.1 Å². The van der Waals surface area contributed by atoms with E-state index in [-0.39, 0.29) is 30.5 Å². The van der Waals surface area contributed by atoms with Crippen LogP contribution in [0.1, 0.15) is 6.92 Å². The first-order valence-electron chi connectivity index (χ1n) is 3.67. The van der Waals surface area contributed by atoms with Gasteiger partial charge < -0.3 is 9.47 Å². The van der Waals surface area contributed by atoms with Crippen LogP contribution in [-0.4, -0.2) is 38.4 Å². The molecule has 0 saturated carbocycles. The number of morpholine rings is 1. The van der Waals surface area contributed by atoms with E-state index in [4.69, 9.17) is 4.74 Å². The van der Waals surface area contributed by atoms with E-state index in [0.29, 0.717) is 13.2 Å². The van der Waals surface area contributed by atoms with Crippen LogP contribution in [0.4, 0.5) is 0 Å². The van der Waals surface area contributed by atoms with Gasteiger partial charge in [0, 0.05) is 6.54 Å². The first kappa shape index (κ1) is 11.7. The van der Waals surface area contributed by atoms with E-state index < -0.39 is 0 Å². The summed E-state index contributed by atoms with van der Waals surface area (Å²) >= 11 is 0. The van der Waals surface area contributed by atoms with Gasteiger partial charge in [0.2, 0.25) is 0 Å². The number of carbonyl (C=O) groups excluding carboxylic acids is 1. The van der Waals surface area contributed by atoms with Gasteiger partial charge in [0.15, 0.2) is 0 Å². The molecular formula is C7H14ClNO3. The molecule has 1 aliphatic rings. The molecule has 1 rings (SSSR count). The van der Waals surface area contributed by atoms with E-state index in [2.05, 4.69) is 10.1 Å². The lowest BCUT2D eigenvalue weighted by molar-refractivity contribution is -0.147. The predicted octanol–water partition coefficient (Wildman–Crippen LogP) is -0.0419. The summed E-state index contributed by atoms with van der Waals surface area (Å²) in [5.41, 5.74) is 0. The molecule has 0 aromatic heterocycles. The molecular weight excluding hydrogens is 182 g/mol. The Bertz CT molecular complexity index is 146. The maximum absolute atomic E-state index is 10.9. The molecule has 0 aromatic carbocycles. The topological polar surface area (TPSA) is 47.6 Å². The number of halogens is 1. The summed E-state index contributed by atoms with van der Waals surface area (Å²) in [5.74, 6) is -0.253. The maximum atomic E-state index is 10.9. The standard InChI is InChI=1S/C7H13NO3.ClH/c1-5-3-8-6(4-11-5)7(9)10-2;/h5-6,8H,3-4H2,1-2H3;1H. The number of esters is 1. The van der Waals surface area contributed by atoms with Crippen LogP contribution in [0.5, 0.6) is 0 Å². The smallest absolute Gasteiger partial charge is 0.325 e. The minimum absolute atomic E-state index is 0. The van der Waals surface area contributed by atoms with Crippen LogP contribution in [0.25, 0.3) is 0 Å². The van der Waals surface area contributed by atoms with Crippen molar-refractivity contribution in [3.63, 3.8) is 0 Å². The van der Waals surface area contributed by atoms with E-state index in [0.717, 1.165) is 0 Å². The monoisotopic (exact) mass is 195 g/mol. The minimum Gasteiger partial charge on any atom is -0.468 e. The van der Waals surface area contributed by atoms with Gasteiger partial charge in [0.25, 0.3) is 0 Å². The van der Waals surface area contributed by atoms with Crippen LogP contribution >= 0.6 is 12.4 Å². The van der Waals surface area contributed by atoms with Crippen LogP contribution in [0.2, 0.25) is 0 Å². The van der Waals surface area contributed by atoms with Crippen LogP contribution in [-0.2, 0) is 14.3 Å². The van der Waals surface area contributed by atoms with Gasteiger partial charge in [0.1, 0.15) is 6.04 Å². The third-order valence-electron chi connectivity index (χ3n) is 1.68. The molecule has 0 amide bonds. The Balaban J connectivity index is 0.00000121. The van der Waals surface area contributed by atoms with E-state index in [1.54, 1.807) is 0 Å². The quantitative estimate of drug-likeness (QED) is 0.597. The second-order valence-electron chi connectivity index (χ2n) is 2.63. The molecule has 0 aromatic rings. The van der Waals surface area contributed by atoms with Crippen molar-refractivity contribution in [1.82, 2.24) is 5.32 Å². The van der Waals surface area contributed by atoms with Gasteiger partial charge in [-0.15, -0.1) is 12.4 Å². The number of hydrogen-bond donors (Lipinski definition) is 1. The van der Waals surface area contributed by atoms with Crippen molar-refractivity contribution in [3.8, 4) is 0 Å². The molecule has 2 atom stereocenters. The number of hydrogen-bond acceptors (Lipinski definition) is 4. The van der Waals surface area contributed by atoms with Crippen molar-refractivity contribution < 1.29 is 14.3 Å². The average Bonchev–Trinajstić information content (AvgIpc) is 2.05. The predicted molar refractivity (Wildman–Crippen MR) is 46.5 cm³/mol. The zero-order valence-corrected chi connectivity index (χ0v) is 8.02. The molecule has 0 aliphatic carbocycles. The van der Waals surface area contributed by atoms with Gasteiger partial charge in [-0.3, -0.25) is 10.1 Å². The molecule has 4 nitrogen and oxygen atoms in total. The summed E-state index contributed by atoms with van der Waals surface area (Å²) in [5, 5.41) is 3.02. The fraction of sp³-hybridized carbons (Fsp3) is 0.857. The average molecular weight is 196 g/mol. The summed E-state index contributed by atoms with van der Waals surface area (Å²) in [4.78, 5) is 10.9. The summed E-state index contributed by atoms with van der Waals surface area (Å²) in [7, 11) is 1.38. The zero-order valence-electron chi connectivity index (χ0n) is 7.20. The molecule has 0 spiro atoms. The number of nitrogens with one attached hydrogen (secondary N) is 1. The largest absolute Gasteiger partial charge is 0.468 e. The Morgan fingerprint density at radius 2 is 2.33 bits per heavy atom. The number of rotatable bonds is 1. The van der Waals surface area contributed by atoms with Crippen molar-refractivity contribution in [2.24, 2.45) is 0 Å². The first-order chi connectivity index (χ1) is 5.24. The Morgan fingerprint density at radius 1 is 1.67 bits per heavy atom. The number of carbonyl (C=O) groups is 1. The van der Waals surface area contributed by atoms with Gasteiger partial charge >= 0.3 is 5.97 Å². The van der Waals surface area contributed by atoms with E-state index in [9.17, 15) is 4.79 Å². The van der Waals surface area contributed by atoms with Gasteiger partial charge in [-0.2, -0.15) is 0 Å². The molecule has 5 heteroatoms. The molecule has 1 heterocycles. The van der Waals surface area contributed by atoms with E-state index >= 15 is 0 Å². The van der Waals surface area contributed by atoms with Crippen LogP contribution < -0.4 is 5.32 Å². The van der Waals surface area contributed by atoms with Crippen LogP contribution in [0, 0.1) is 0 Å². The van der Waals surface area contributed by atoms with Crippen LogP contribution in [0.15, 0.2) is 0 Å². The Hall–Kier alpha value is -0.320. The molecule has 0 radical (unpaired) electrons. The summed E-state index contributed by atoms with van der Waals surface area (Å²) in [6.07, 6.45) is 0.191. The lowest BCUT2D eigenvalue weighted by atomic mass is 10.2.